The second kappa shape index (κ2) is 8.66. The van der Waals surface area contributed by atoms with Crippen molar-refractivity contribution >= 4 is 25.7 Å². The van der Waals surface area contributed by atoms with Gasteiger partial charge in [-0.25, -0.2) is 21.6 Å². The van der Waals surface area contributed by atoms with E-state index in [0.29, 0.717) is 18.8 Å². The van der Waals surface area contributed by atoms with Gasteiger partial charge >= 0.3 is 0 Å². The van der Waals surface area contributed by atoms with Crippen LogP contribution in [0.3, 0.4) is 0 Å². The van der Waals surface area contributed by atoms with Crippen LogP contribution in [0.2, 0.25) is 0 Å². The molecular weight excluding hydrogens is 422 g/mol. The first-order chi connectivity index (χ1) is 14.0. The molecule has 2 atom stereocenters. The van der Waals surface area contributed by atoms with Gasteiger partial charge in [-0.15, -0.1) is 0 Å². The fourth-order valence-electron chi connectivity index (χ4n) is 3.50. The summed E-state index contributed by atoms with van der Waals surface area (Å²) in [6, 6.07) is 15.2. The van der Waals surface area contributed by atoms with Crippen LogP contribution in [-0.2, 0) is 20.0 Å². The largest absolute Gasteiger partial charge is 0.314 e. The van der Waals surface area contributed by atoms with Crippen LogP contribution >= 0.6 is 0 Å². The van der Waals surface area contributed by atoms with Crippen LogP contribution in [0.25, 0.3) is 11.1 Å². The lowest BCUT2D eigenvalue weighted by molar-refractivity contribution is 0.534. The Balaban J connectivity index is 1.82. The minimum absolute atomic E-state index is 0.0512. The zero-order chi connectivity index (χ0) is 22.1. The molecule has 0 amide bonds. The maximum absolute atomic E-state index is 12.3. The van der Waals surface area contributed by atoms with Crippen molar-refractivity contribution in [3.63, 3.8) is 0 Å². The average Bonchev–Trinajstić information content (AvgIpc) is 3.14. The van der Waals surface area contributed by atoms with Gasteiger partial charge in [0.05, 0.1) is 17.2 Å². The highest BCUT2D eigenvalue weighted by molar-refractivity contribution is 7.92. The summed E-state index contributed by atoms with van der Waals surface area (Å²) in [7, 11) is -5.14. The molecule has 0 aromatic heterocycles. The third kappa shape index (κ3) is 5.03. The number of nitrogens with one attached hydrogen (secondary N) is 2. The maximum atomic E-state index is 12.3. The molecule has 1 aliphatic heterocycles. The Hall–Kier alpha value is -1.94. The number of nitrogens with zero attached hydrogens (tertiary/aromatic N) is 1. The Kier molecular flexibility index (Phi) is 6.57. The summed E-state index contributed by atoms with van der Waals surface area (Å²) in [5.74, 6) is 0.0512. The number of hydrogen-bond donors (Lipinski definition) is 2. The van der Waals surface area contributed by atoms with E-state index in [1.54, 1.807) is 19.9 Å². The summed E-state index contributed by atoms with van der Waals surface area (Å²) >= 11 is 0. The first-order valence-corrected chi connectivity index (χ1v) is 13.2. The van der Waals surface area contributed by atoms with Gasteiger partial charge in [-0.05, 0) is 42.7 Å². The molecule has 2 aromatic rings. The van der Waals surface area contributed by atoms with E-state index in [9.17, 15) is 16.8 Å². The van der Waals surface area contributed by atoms with E-state index in [1.807, 2.05) is 42.5 Å². The van der Waals surface area contributed by atoms with Crippen molar-refractivity contribution in [3.05, 3.63) is 54.1 Å². The molecule has 1 fully saturated rings. The number of rotatable bonds is 7. The highest BCUT2D eigenvalue weighted by Gasteiger charge is 2.32. The molecule has 164 valence electrons. The fraction of sp³-hybridized carbons (Fsp3) is 0.429. The van der Waals surface area contributed by atoms with Crippen molar-refractivity contribution in [1.82, 2.24) is 10.0 Å². The van der Waals surface area contributed by atoms with E-state index in [4.69, 9.17) is 0 Å². The van der Waals surface area contributed by atoms with E-state index >= 15 is 0 Å². The molecule has 0 saturated carbocycles. The average molecular weight is 452 g/mol. The second-order valence-corrected chi connectivity index (χ2v) is 12.3. The highest BCUT2D eigenvalue weighted by Crippen LogP contribution is 2.29. The van der Waals surface area contributed by atoms with Crippen LogP contribution in [0.4, 0.5) is 5.69 Å². The molecule has 0 unspecified atom stereocenters. The van der Waals surface area contributed by atoms with E-state index < -0.39 is 25.3 Å². The topological polar surface area (TPSA) is 95.6 Å². The molecule has 2 aromatic carbocycles. The number of anilines is 1. The molecule has 0 spiro atoms. The van der Waals surface area contributed by atoms with Crippen molar-refractivity contribution in [2.24, 2.45) is 0 Å². The van der Waals surface area contributed by atoms with Crippen LogP contribution in [0, 0.1) is 0 Å². The molecule has 30 heavy (non-hydrogen) atoms. The molecular formula is C21H29N3O4S2. The molecule has 0 radical (unpaired) electrons. The lowest BCUT2D eigenvalue weighted by Crippen LogP contribution is -2.42. The zero-order valence-electron chi connectivity index (χ0n) is 17.7. The van der Waals surface area contributed by atoms with Crippen LogP contribution in [0.5, 0.6) is 0 Å². The zero-order valence-corrected chi connectivity index (χ0v) is 19.3. The summed E-state index contributed by atoms with van der Waals surface area (Å²) in [6.45, 7) is 4.64. The number of sulfonamides is 2. The first-order valence-electron chi connectivity index (χ1n) is 9.85. The van der Waals surface area contributed by atoms with E-state index in [1.165, 1.54) is 17.6 Å². The third-order valence-electron chi connectivity index (χ3n) is 5.53. The van der Waals surface area contributed by atoms with Gasteiger partial charge in [0.1, 0.15) is 0 Å². The Labute approximate surface area is 179 Å². The van der Waals surface area contributed by atoms with Crippen LogP contribution in [0.15, 0.2) is 48.5 Å². The van der Waals surface area contributed by atoms with Gasteiger partial charge in [-0.1, -0.05) is 36.4 Å². The summed E-state index contributed by atoms with van der Waals surface area (Å²) in [5, 5.41) is 2.80. The van der Waals surface area contributed by atoms with Gasteiger partial charge in [0.2, 0.25) is 20.0 Å². The van der Waals surface area contributed by atoms with Crippen molar-refractivity contribution in [1.29, 1.82) is 0 Å². The third-order valence-corrected chi connectivity index (χ3v) is 8.61. The molecule has 1 saturated heterocycles. The lowest BCUT2D eigenvalue weighted by atomic mass is 9.93. The number of benzene rings is 2. The SMILES string of the molecule is CC(C)S(=O)(=O)N[C@H]1CNC[C@@H]1c1ccc(-c2cccc(N(C)S(C)(=O)=O)c2)cc1. The Bertz CT molecular complexity index is 1100. The molecule has 3 rings (SSSR count). The summed E-state index contributed by atoms with van der Waals surface area (Å²) < 4.78 is 52.3. The second-order valence-electron chi connectivity index (χ2n) is 7.99. The van der Waals surface area contributed by atoms with Crippen molar-refractivity contribution in [3.8, 4) is 11.1 Å². The van der Waals surface area contributed by atoms with Crippen molar-refractivity contribution < 1.29 is 16.8 Å². The first kappa shape index (κ1) is 22.7. The predicted molar refractivity (Wildman–Crippen MR) is 122 cm³/mol. The Morgan fingerprint density at radius 2 is 1.67 bits per heavy atom. The number of hydrogen-bond acceptors (Lipinski definition) is 5. The minimum Gasteiger partial charge on any atom is -0.314 e. The molecule has 7 nitrogen and oxygen atoms in total. The van der Waals surface area contributed by atoms with Gasteiger partial charge in [0.25, 0.3) is 0 Å². The molecule has 1 aliphatic rings. The standard InChI is InChI=1S/C21H29N3O4S2/c1-15(2)30(27,28)23-21-14-22-13-20(21)17-10-8-16(9-11-17)18-6-5-7-19(12-18)24(3)29(4,25)26/h5-12,15,20-23H,13-14H2,1-4H3/t20-,21+/m1/s1. The van der Waals surface area contributed by atoms with E-state index in [0.717, 1.165) is 16.7 Å². The maximum Gasteiger partial charge on any atom is 0.231 e. The fourth-order valence-corrected chi connectivity index (χ4v) is 4.93. The smallest absolute Gasteiger partial charge is 0.231 e. The van der Waals surface area contributed by atoms with Crippen molar-refractivity contribution in [2.45, 2.75) is 31.1 Å². The summed E-state index contributed by atoms with van der Waals surface area (Å²) in [4.78, 5) is 0. The normalized spacial score (nSPS) is 19.9. The van der Waals surface area contributed by atoms with Crippen LogP contribution in [0.1, 0.15) is 25.3 Å². The van der Waals surface area contributed by atoms with E-state index in [2.05, 4.69) is 10.0 Å². The predicted octanol–water partition coefficient (Wildman–Crippen LogP) is 2.13. The molecule has 9 heteroatoms. The van der Waals surface area contributed by atoms with Gasteiger partial charge in [0, 0.05) is 32.1 Å². The summed E-state index contributed by atoms with van der Waals surface area (Å²) in [6.07, 6.45) is 1.17. The van der Waals surface area contributed by atoms with Crippen LogP contribution in [-0.4, -0.2) is 54.5 Å². The summed E-state index contributed by atoms with van der Waals surface area (Å²) in [5.41, 5.74) is 3.54. The molecule has 0 bridgehead atoms. The van der Waals surface area contributed by atoms with Gasteiger partial charge in [-0.3, -0.25) is 4.31 Å². The van der Waals surface area contributed by atoms with Gasteiger partial charge in [-0.2, -0.15) is 0 Å². The van der Waals surface area contributed by atoms with Crippen molar-refractivity contribution in [2.75, 3.05) is 30.7 Å². The quantitative estimate of drug-likeness (QED) is 0.672. The van der Waals surface area contributed by atoms with Crippen LogP contribution < -0.4 is 14.3 Å². The lowest BCUT2D eigenvalue weighted by Gasteiger charge is -2.22. The minimum atomic E-state index is -3.34. The highest BCUT2D eigenvalue weighted by atomic mass is 32.2. The monoisotopic (exact) mass is 451 g/mol. The Morgan fingerprint density at radius 3 is 2.27 bits per heavy atom. The Morgan fingerprint density at radius 1 is 1.00 bits per heavy atom. The molecule has 1 heterocycles. The molecule has 2 N–H and O–H groups in total. The van der Waals surface area contributed by atoms with Gasteiger partial charge in [0.15, 0.2) is 0 Å². The van der Waals surface area contributed by atoms with E-state index in [-0.39, 0.29) is 12.0 Å². The van der Waals surface area contributed by atoms with Gasteiger partial charge < -0.3 is 5.32 Å². The molecule has 0 aliphatic carbocycles.